The largest absolute Gasteiger partial charge is 0.393 e. The highest BCUT2D eigenvalue weighted by atomic mass is 16.5. The Morgan fingerprint density at radius 2 is 1.48 bits per heavy atom. The van der Waals surface area contributed by atoms with Crippen molar-refractivity contribution in [2.75, 3.05) is 47.4 Å². The van der Waals surface area contributed by atoms with Gasteiger partial charge in [0.05, 0.1) is 24.6 Å². The summed E-state index contributed by atoms with van der Waals surface area (Å²) in [5.41, 5.74) is 12.3. The van der Waals surface area contributed by atoms with Gasteiger partial charge in [0.15, 0.2) is 11.6 Å². The van der Waals surface area contributed by atoms with E-state index in [0.29, 0.717) is 24.7 Å². The third-order valence-corrected chi connectivity index (χ3v) is 4.42. The lowest BCUT2D eigenvalue weighted by Crippen LogP contribution is -2.37. The number of nitrogens with zero attached hydrogens (tertiary/aromatic N) is 4. The molecule has 1 saturated heterocycles. The van der Waals surface area contributed by atoms with Crippen LogP contribution in [-0.2, 0) is 4.74 Å². The lowest BCUT2D eigenvalue weighted by atomic mass is 10.2. The van der Waals surface area contributed by atoms with Gasteiger partial charge in [-0.25, -0.2) is 9.97 Å². The molecule has 1 aromatic heterocycles. The molecular weight excluding hydrogens is 340 g/mol. The maximum atomic E-state index is 6.42. The van der Waals surface area contributed by atoms with Crippen molar-refractivity contribution in [3.8, 4) is 0 Å². The number of hydrogen-bond donors (Lipinski definition) is 2. The van der Waals surface area contributed by atoms with Gasteiger partial charge in [-0.05, 0) is 24.3 Å². The van der Waals surface area contributed by atoms with Gasteiger partial charge >= 0.3 is 0 Å². The van der Waals surface area contributed by atoms with Gasteiger partial charge in [-0.2, -0.15) is 0 Å². The number of hydrazine groups is 1. The van der Waals surface area contributed by atoms with Crippen molar-refractivity contribution in [3.63, 3.8) is 0 Å². The average molecular weight is 362 g/mol. The number of morpholine rings is 1. The summed E-state index contributed by atoms with van der Waals surface area (Å²) >= 11 is 0. The van der Waals surface area contributed by atoms with Gasteiger partial charge in [-0.3, -0.25) is 10.4 Å². The van der Waals surface area contributed by atoms with Crippen LogP contribution in [0.5, 0.6) is 0 Å². The number of aromatic nitrogens is 2. The number of anilines is 5. The molecule has 138 valence electrons. The van der Waals surface area contributed by atoms with Crippen LogP contribution in [0, 0.1) is 0 Å². The van der Waals surface area contributed by atoms with Crippen LogP contribution in [0.25, 0.3) is 0 Å². The zero-order chi connectivity index (χ0) is 18.5. The molecule has 0 aliphatic carbocycles. The number of hydrogen-bond acceptors (Lipinski definition) is 7. The van der Waals surface area contributed by atoms with Gasteiger partial charge in [-0.15, -0.1) is 0 Å². The number of nitrogens with two attached hydrogens (primary N) is 1. The molecule has 0 radical (unpaired) electrons. The topological polar surface area (TPSA) is 79.5 Å². The molecule has 1 aliphatic heterocycles. The fraction of sp³-hybridized carbons (Fsp3) is 0.200. The summed E-state index contributed by atoms with van der Waals surface area (Å²) in [5.74, 6) is 1.30. The molecule has 1 fully saturated rings. The van der Waals surface area contributed by atoms with Crippen LogP contribution in [0.3, 0.4) is 0 Å². The first-order chi connectivity index (χ1) is 13.3. The summed E-state index contributed by atoms with van der Waals surface area (Å²) in [4.78, 5) is 10.9. The van der Waals surface area contributed by atoms with Crippen molar-refractivity contribution in [1.82, 2.24) is 9.97 Å². The van der Waals surface area contributed by atoms with Crippen LogP contribution >= 0.6 is 0 Å². The average Bonchev–Trinajstić information content (AvgIpc) is 2.75. The number of benzene rings is 2. The van der Waals surface area contributed by atoms with Crippen LogP contribution in [0.15, 0.2) is 67.0 Å². The van der Waals surface area contributed by atoms with E-state index in [0.717, 1.165) is 30.3 Å². The van der Waals surface area contributed by atoms with Gasteiger partial charge in [0.2, 0.25) is 0 Å². The number of ether oxygens (including phenoxy) is 1. The summed E-state index contributed by atoms with van der Waals surface area (Å²) in [7, 11) is 0. The van der Waals surface area contributed by atoms with Gasteiger partial charge in [0.1, 0.15) is 12.0 Å². The summed E-state index contributed by atoms with van der Waals surface area (Å²) in [6.07, 6.45) is 1.54. The second-order valence-electron chi connectivity index (χ2n) is 6.18. The van der Waals surface area contributed by atoms with Gasteiger partial charge in [0, 0.05) is 13.1 Å². The van der Waals surface area contributed by atoms with Crippen LogP contribution in [0.1, 0.15) is 0 Å². The van der Waals surface area contributed by atoms with Crippen molar-refractivity contribution >= 4 is 28.7 Å². The second kappa shape index (κ2) is 7.92. The predicted molar refractivity (Wildman–Crippen MR) is 108 cm³/mol. The van der Waals surface area contributed by atoms with Gasteiger partial charge < -0.3 is 15.4 Å². The Morgan fingerprint density at radius 1 is 0.889 bits per heavy atom. The second-order valence-corrected chi connectivity index (χ2v) is 6.18. The Bertz CT molecular complexity index is 829. The quantitative estimate of drug-likeness (QED) is 0.675. The minimum Gasteiger partial charge on any atom is -0.393 e. The lowest BCUT2D eigenvalue weighted by molar-refractivity contribution is 0.122. The summed E-state index contributed by atoms with van der Waals surface area (Å²) in [5, 5.41) is 1.96. The first-order valence-corrected chi connectivity index (χ1v) is 8.93. The monoisotopic (exact) mass is 362 g/mol. The maximum absolute atomic E-state index is 6.42. The van der Waals surface area contributed by atoms with Gasteiger partial charge in [0.25, 0.3) is 0 Å². The van der Waals surface area contributed by atoms with Crippen molar-refractivity contribution in [2.45, 2.75) is 0 Å². The third kappa shape index (κ3) is 3.78. The molecule has 0 saturated carbocycles. The number of para-hydroxylation sites is 2. The molecule has 7 heteroatoms. The fourth-order valence-corrected chi connectivity index (χ4v) is 3.04. The van der Waals surface area contributed by atoms with Crippen molar-refractivity contribution in [2.24, 2.45) is 0 Å². The molecule has 3 aromatic rings. The van der Waals surface area contributed by atoms with Crippen LogP contribution in [0.4, 0.5) is 28.7 Å². The number of nitrogen functional groups attached to an aromatic ring is 1. The Hall–Kier alpha value is -3.32. The highest BCUT2D eigenvalue weighted by Crippen LogP contribution is 2.31. The Kier molecular flexibility index (Phi) is 5.02. The van der Waals surface area contributed by atoms with E-state index in [-0.39, 0.29) is 0 Å². The molecule has 3 N–H and O–H groups in total. The first-order valence-electron chi connectivity index (χ1n) is 8.93. The lowest BCUT2D eigenvalue weighted by Gasteiger charge is -2.30. The third-order valence-electron chi connectivity index (χ3n) is 4.42. The summed E-state index contributed by atoms with van der Waals surface area (Å²) in [6.45, 7) is 2.88. The predicted octanol–water partition coefficient (Wildman–Crippen LogP) is 3.06. The Labute approximate surface area is 158 Å². The van der Waals surface area contributed by atoms with E-state index in [9.17, 15) is 0 Å². The SMILES string of the molecule is Nc1c(NN(c2ccccc2)c2ccccc2)ncnc1N1CCOCC1. The van der Waals surface area contributed by atoms with E-state index in [1.165, 1.54) is 6.33 Å². The highest BCUT2D eigenvalue weighted by molar-refractivity contribution is 5.78. The van der Waals surface area contributed by atoms with Gasteiger partial charge in [-0.1, -0.05) is 36.4 Å². The number of rotatable bonds is 5. The fourth-order valence-electron chi connectivity index (χ4n) is 3.04. The van der Waals surface area contributed by atoms with E-state index in [2.05, 4.69) is 20.3 Å². The minimum atomic E-state index is 0.524. The zero-order valence-corrected chi connectivity index (χ0v) is 15.0. The smallest absolute Gasteiger partial charge is 0.173 e. The van der Waals surface area contributed by atoms with Crippen LogP contribution in [0.2, 0.25) is 0 Å². The zero-order valence-electron chi connectivity index (χ0n) is 15.0. The number of nitrogens with one attached hydrogen (secondary N) is 1. The van der Waals surface area contributed by atoms with Crippen molar-refractivity contribution in [3.05, 3.63) is 67.0 Å². The van der Waals surface area contributed by atoms with E-state index in [1.807, 2.05) is 65.7 Å². The standard InChI is InChI=1S/C20H22N6O/c21-18-19(22-15-23-20(18)25-11-13-27-14-12-25)24-26(16-7-3-1-4-8-16)17-9-5-2-6-10-17/h1-10,15H,11-14,21H2,(H,22,23,24). The van der Waals surface area contributed by atoms with Crippen LogP contribution < -0.4 is 21.1 Å². The molecule has 0 atom stereocenters. The molecule has 4 rings (SSSR count). The molecule has 0 amide bonds. The van der Waals surface area contributed by atoms with Crippen molar-refractivity contribution < 1.29 is 4.74 Å². The molecule has 7 nitrogen and oxygen atoms in total. The molecular formula is C20H22N6O. The van der Waals surface area contributed by atoms with E-state index < -0.39 is 0 Å². The summed E-state index contributed by atoms with van der Waals surface area (Å²) < 4.78 is 5.42. The van der Waals surface area contributed by atoms with E-state index in [4.69, 9.17) is 10.5 Å². The summed E-state index contributed by atoms with van der Waals surface area (Å²) in [6, 6.07) is 20.1. The van der Waals surface area contributed by atoms with Crippen LogP contribution in [-0.4, -0.2) is 36.3 Å². The molecule has 2 aromatic carbocycles. The first kappa shape index (κ1) is 17.1. The molecule has 2 heterocycles. The van der Waals surface area contributed by atoms with E-state index in [1.54, 1.807) is 0 Å². The highest BCUT2D eigenvalue weighted by Gasteiger charge is 2.19. The molecule has 0 unspecified atom stereocenters. The Balaban J connectivity index is 1.67. The maximum Gasteiger partial charge on any atom is 0.173 e. The molecule has 1 aliphatic rings. The molecule has 0 bridgehead atoms. The normalized spacial score (nSPS) is 14.0. The molecule has 0 spiro atoms. The Morgan fingerprint density at radius 3 is 2.07 bits per heavy atom. The molecule has 27 heavy (non-hydrogen) atoms. The van der Waals surface area contributed by atoms with Crippen molar-refractivity contribution in [1.29, 1.82) is 0 Å². The minimum absolute atomic E-state index is 0.524. The van der Waals surface area contributed by atoms with E-state index >= 15 is 0 Å².